The first-order valence-corrected chi connectivity index (χ1v) is 9.27. The number of carbonyl (C=O) groups is 2. The highest BCUT2D eigenvalue weighted by atomic mass is 32.2. The van der Waals surface area contributed by atoms with Crippen molar-refractivity contribution >= 4 is 41.1 Å². The predicted octanol–water partition coefficient (Wildman–Crippen LogP) is 3.82. The van der Waals surface area contributed by atoms with E-state index in [1.807, 2.05) is 24.5 Å². The summed E-state index contributed by atoms with van der Waals surface area (Å²) in [6, 6.07) is 13.5. The molecule has 24 heavy (non-hydrogen) atoms. The molecule has 0 bridgehead atoms. The van der Waals surface area contributed by atoms with Crippen molar-refractivity contribution in [1.82, 2.24) is 0 Å². The molecule has 0 atom stereocenters. The van der Waals surface area contributed by atoms with Crippen molar-refractivity contribution in [3.63, 3.8) is 0 Å². The number of benzene rings is 2. The van der Waals surface area contributed by atoms with Crippen LogP contribution in [-0.4, -0.2) is 30.5 Å². The molecule has 126 valence electrons. The zero-order chi connectivity index (χ0) is 17.4. The van der Waals surface area contributed by atoms with Crippen LogP contribution >= 0.6 is 23.5 Å². The monoisotopic (exact) mass is 365 g/mol. The van der Waals surface area contributed by atoms with Gasteiger partial charge in [0.15, 0.2) is 6.61 Å². The van der Waals surface area contributed by atoms with Gasteiger partial charge in [-0.1, -0.05) is 24.3 Å². The number of rotatable bonds is 7. The molecule has 7 heteroatoms. The zero-order valence-corrected chi connectivity index (χ0v) is 14.6. The fourth-order valence-corrected chi connectivity index (χ4v) is 3.11. The van der Waals surface area contributed by atoms with Crippen molar-refractivity contribution in [2.75, 3.05) is 23.9 Å². The SMILES string of the molecule is CSc1ccccc1NC(=O)COC(=O)CSc1ccccc1F. The zero-order valence-electron chi connectivity index (χ0n) is 13.0. The Bertz CT molecular complexity index is 724. The number of esters is 1. The number of hydrogen-bond acceptors (Lipinski definition) is 5. The molecule has 0 saturated carbocycles. The van der Waals surface area contributed by atoms with Crippen LogP contribution in [0.15, 0.2) is 58.3 Å². The third kappa shape index (κ3) is 5.58. The number of para-hydroxylation sites is 1. The lowest BCUT2D eigenvalue weighted by atomic mass is 10.3. The maximum Gasteiger partial charge on any atom is 0.316 e. The fraction of sp³-hybridized carbons (Fsp3) is 0.176. The first-order valence-electron chi connectivity index (χ1n) is 7.06. The molecule has 0 aromatic heterocycles. The summed E-state index contributed by atoms with van der Waals surface area (Å²) in [6.07, 6.45) is 1.91. The van der Waals surface area contributed by atoms with Gasteiger partial charge in [-0.2, -0.15) is 0 Å². The van der Waals surface area contributed by atoms with Crippen LogP contribution in [0.4, 0.5) is 10.1 Å². The highest BCUT2D eigenvalue weighted by molar-refractivity contribution is 8.00. The number of nitrogens with one attached hydrogen (secondary N) is 1. The molecule has 1 amide bonds. The molecule has 0 unspecified atom stereocenters. The first kappa shape index (κ1) is 18.4. The molecule has 0 heterocycles. The van der Waals surface area contributed by atoms with Gasteiger partial charge in [0.25, 0.3) is 5.91 Å². The topological polar surface area (TPSA) is 55.4 Å². The molecule has 0 aliphatic rings. The summed E-state index contributed by atoms with van der Waals surface area (Å²) in [5.74, 6) is -1.44. The second-order valence-corrected chi connectivity index (χ2v) is 6.49. The second-order valence-electron chi connectivity index (χ2n) is 4.63. The van der Waals surface area contributed by atoms with Gasteiger partial charge in [0.05, 0.1) is 11.4 Å². The lowest BCUT2D eigenvalue weighted by Gasteiger charge is -2.09. The Balaban J connectivity index is 1.77. The number of anilines is 1. The van der Waals surface area contributed by atoms with Crippen LogP contribution in [-0.2, 0) is 14.3 Å². The minimum atomic E-state index is -0.573. The summed E-state index contributed by atoms with van der Waals surface area (Å²) in [7, 11) is 0. The molecule has 0 aliphatic heterocycles. The number of hydrogen-bond donors (Lipinski definition) is 1. The highest BCUT2D eigenvalue weighted by Gasteiger charge is 2.11. The van der Waals surface area contributed by atoms with Crippen molar-refractivity contribution in [3.05, 3.63) is 54.3 Å². The van der Waals surface area contributed by atoms with Gasteiger partial charge < -0.3 is 10.1 Å². The largest absolute Gasteiger partial charge is 0.455 e. The Hall–Kier alpha value is -1.99. The van der Waals surface area contributed by atoms with E-state index in [-0.39, 0.29) is 18.2 Å². The summed E-state index contributed by atoms with van der Waals surface area (Å²) in [4.78, 5) is 24.8. The lowest BCUT2D eigenvalue weighted by molar-refractivity contribution is -0.144. The summed E-state index contributed by atoms with van der Waals surface area (Å²) in [5.41, 5.74) is 0.673. The molecule has 0 spiro atoms. The molecule has 1 N–H and O–H groups in total. The second kappa shape index (κ2) is 9.34. The molecule has 0 aliphatic carbocycles. The predicted molar refractivity (Wildman–Crippen MR) is 94.9 cm³/mol. The molecular formula is C17H16FNO3S2. The van der Waals surface area contributed by atoms with Crippen LogP contribution in [0.3, 0.4) is 0 Å². The number of ether oxygens (including phenoxy) is 1. The van der Waals surface area contributed by atoms with Gasteiger partial charge >= 0.3 is 5.97 Å². The third-order valence-electron chi connectivity index (χ3n) is 2.93. The van der Waals surface area contributed by atoms with E-state index in [1.54, 1.807) is 24.3 Å². The number of carbonyl (C=O) groups excluding carboxylic acids is 2. The maximum absolute atomic E-state index is 13.4. The average Bonchev–Trinajstić information content (AvgIpc) is 2.59. The van der Waals surface area contributed by atoms with Crippen molar-refractivity contribution in [3.8, 4) is 0 Å². The van der Waals surface area contributed by atoms with Gasteiger partial charge in [0, 0.05) is 9.79 Å². The van der Waals surface area contributed by atoms with E-state index in [9.17, 15) is 14.0 Å². The van der Waals surface area contributed by atoms with Gasteiger partial charge in [-0.25, -0.2) is 4.39 Å². The van der Waals surface area contributed by atoms with Crippen molar-refractivity contribution in [2.45, 2.75) is 9.79 Å². The summed E-state index contributed by atoms with van der Waals surface area (Å²) < 4.78 is 18.3. The van der Waals surface area contributed by atoms with E-state index in [1.165, 1.54) is 17.8 Å². The van der Waals surface area contributed by atoms with Crippen molar-refractivity contribution < 1.29 is 18.7 Å². The Kier molecular flexibility index (Phi) is 7.14. The quantitative estimate of drug-likeness (QED) is 0.597. The Morgan fingerprint density at radius 3 is 2.46 bits per heavy atom. The summed E-state index contributed by atoms with van der Waals surface area (Å²) in [6.45, 7) is -0.376. The molecule has 0 radical (unpaired) electrons. The maximum atomic E-state index is 13.4. The molecule has 0 fully saturated rings. The lowest BCUT2D eigenvalue weighted by Crippen LogP contribution is -2.21. The molecule has 2 rings (SSSR count). The van der Waals surface area contributed by atoms with E-state index in [2.05, 4.69) is 5.32 Å². The van der Waals surface area contributed by atoms with Crippen LogP contribution in [0.1, 0.15) is 0 Å². The average molecular weight is 365 g/mol. The van der Waals surface area contributed by atoms with E-state index < -0.39 is 11.9 Å². The summed E-state index contributed by atoms with van der Waals surface area (Å²) >= 11 is 2.54. The van der Waals surface area contributed by atoms with Crippen LogP contribution < -0.4 is 5.32 Å². The smallest absolute Gasteiger partial charge is 0.316 e. The number of thioether (sulfide) groups is 2. The number of amides is 1. The van der Waals surface area contributed by atoms with Gasteiger partial charge in [0.1, 0.15) is 5.82 Å². The molecule has 2 aromatic rings. The van der Waals surface area contributed by atoms with E-state index in [0.717, 1.165) is 16.7 Å². The highest BCUT2D eigenvalue weighted by Crippen LogP contribution is 2.24. The van der Waals surface area contributed by atoms with E-state index in [0.29, 0.717) is 10.6 Å². The third-order valence-corrected chi connectivity index (χ3v) is 4.75. The van der Waals surface area contributed by atoms with Crippen molar-refractivity contribution in [2.24, 2.45) is 0 Å². The number of halogens is 1. The van der Waals surface area contributed by atoms with Crippen LogP contribution in [0, 0.1) is 5.82 Å². The van der Waals surface area contributed by atoms with Gasteiger partial charge in [0.2, 0.25) is 0 Å². The first-order chi connectivity index (χ1) is 11.6. The molecule has 0 saturated heterocycles. The summed E-state index contributed by atoms with van der Waals surface area (Å²) in [5, 5.41) is 2.70. The van der Waals surface area contributed by atoms with Crippen LogP contribution in [0.2, 0.25) is 0 Å². The van der Waals surface area contributed by atoms with Gasteiger partial charge in [-0.3, -0.25) is 9.59 Å². The Morgan fingerprint density at radius 2 is 1.75 bits per heavy atom. The van der Waals surface area contributed by atoms with Crippen LogP contribution in [0.25, 0.3) is 0 Å². The molecule has 4 nitrogen and oxygen atoms in total. The van der Waals surface area contributed by atoms with Gasteiger partial charge in [-0.15, -0.1) is 23.5 Å². The van der Waals surface area contributed by atoms with Gasteiger partial charge in [-0.05, 0) is 30.5 Å². The van der Waals surface area contributed by atoms with E-state index in [4.69, 9.17) is 4.74 Å². The fourth-order valence-electron chi connectivity index (χ4n) is 1.82. The Morgan fingerprint density at radius 1 is 1.08 bits per heavy atom. The molecule has 2 aromatic carbocycles. The van der Waals surface area contributed by atoms with E-state index >= 15 is 0 Å². The minimum absolute atomic E-state index is 0.0599. The normalized spacial score (nSPS) is 10.2. The molecular weight excluding hydrogens is 349 g/mol. The van der Waals surface area contributed by atoms with Crippen LogP contribution in [0.5, 0.6) is 0 Å². The standard InChI is InChI=1S/C17H16FNO3S2/c1-23-15-9-5-3-7-13(15)19-16(20)10-22-17(21)11-24-14-8-4-2-6-12(14)18/h2-9H,10-11H2,1H3,(H,19,20). The van der Waals surface area contributed by atoms with Crippen molar-refractivity contribution in [1.29, 1.82) is 0 Å². The minimum Gasteiger partial charge on any atom is -0.455 e. The Labute approximate surface area is 148 Å².